The molecule has 0 atom stereocenters. The van der Waals surface area contributed by atoms with Gasteiger partial charge in [-0.05, 0) is 29.3 Å². The molecule has 0 aliphatic heterocycles. The summed E-state index contributed by atoms with van der Waals surface area (Å²) in [5, 5.41) is 3.76. The molecule has 0 unspecified atom stereocenters. The minimum atomic E-state index is -0.348. The minimum absolute atomic E-state index is 0.110. The smallest absolute Gasteiger partial charge is 0.223 e. The number of nitrogen functional groups attached to an aromatic ring is 1. The summed E-state index contributed by atoms with van der Waals surface area (Å²) in [6.07, 6.45) is 0. The summed E-state index contributed by atoms with van der Waals surface area (Å²) in [6, 6.07) is 13.7. The van der Waals surface area contributed by atoms with Crippen LogP contribution in [0.2, 0.25) is 10.2 Å². The van der Waals surface area contributed by atoms with Gasteiger partial charge in [0.1, 0.15) is 16.8 Å². The van der Waals surface area contributed by atoms with E-state index in [1.54, 1.807) is 18.2 Å². The average molecular weight is 363 g/mol. The van der Waals surface area contributed by atoms with Crippen LogP contribution in [0.25, 0.3) is 11.1 Å². The Morgan fingerprint density at radius 2 is 1.75 bits per heavy atom. The SMILES string of the molecule is Nc1nc(Cl)cc(NCc2ccc(-c3ccc(Cl)cc3F)cc2)n1. The maximum Gasteiger partial charge on any atom is 0.223 e. The van der Waals surface area contributed by atoms with Gasteiger partial charge >= 0.3 is 0 Å². The summed E-state index contributed by atoms with van der Waals surface area (Å²) in [6.45, 7) is 0.524. The molecule has 0 saturated heterocycles. The van der Waals surface area contributed by atoms with Gasteiger partial charge in [0.05, 0.1) is 0 Å². The van der Waals surface area contributed by atoms with Gasteiger partial charge in [-0.1, -0.05) is 47.5 Å². The summed E-state index contributed by atoms with van der Waals surface area (Å²) in [5.41, 5.74) is 7.84. The Morgan fingerprint density at radius 1 is 1.00 bits per heavy atom. The average Bonchev–Trinajstić information content (AvgIpc) is 2.53. The number of halogens is 3. The normalized spacial score (nSPS) is 10.6. The molecular weight excluding hydrogens is 350 g/mol. The topological polar surface area (TPSA) is 63.8 Å². The van der Waals surface area contributed by atoms with Crippen molar-refractivity contribution in [2.24, 2.45) is 0 Å². The molecule has 7 heteroatoms. The van der Waals surface area contributed by atoms with Gasteiger partial charge in [0, 0.05) is 23.2 Å². The molecule has 1 heterocycles. The summed E-state index contributed by atoms with van der Waals surface area (Å²) in [4.78, 5) is 7.84. The van der Waals surface area contributed by atoms with Gasteiger partial charge in [0.25, 0.3) is 0 Å². The number of rotatable bonds is 4. The van der Waals surface area contributed by atoms with E-state index >= 15 is 0 Å². The van der Waals surface area contributed by atoms with Crippen molar-refractivity contribution < 1.29 is 4.39 Å². The number of hydrogen-bond acceptors (Lipinski definition) is 4. The number of benzene rings is 2. The summed E-state index contributed by atoms with van der Waals surface area (Å²) >= 11 is 11.6. The number of nitrogens with one attached hydrogen (secondary N) is 1. The van der Waals surface area contributed by atoms with E-state index in [4.69, 9.17) is 28.9 Å². The Labute approximate surface area is 148 Å². The van der Waals surface area contributed by atoms with Crippen LogP contribution >= 0.6 is 23.2 Å². The highest BCUT2D eigenvalue weighted by Crippen LogP contribution is 2.25. The van der Waals surface area contributed by atoms with Gasteiger partial charge in [-0.2, -0.15) is 4.98 Å². The van der Waals surface area contributed by atoms with Crippen molar-refractivity contribution in [3.05, 3.63) is 70.1 Å². The first-order valence-corrected chi connectivity index (χ1v) is 7.85. The second-order valence-corrected chi connectivity index (χ2v) is 5.93. The van der Waals surface area contributed by atoms with Gasteiger partial charge in [-0.3, -0.25) is 0 Å². The Bertz CT molecular complexity index is 849. The number of aromatic nitrogens is 2. The van der Waals surface area contributed by atoms with E-state index in [9.17, 15) is 4.39 Å². The van der Waals surface area contributed by atoms with Crippen LogP contribution < -0.4 is 11.1 Å². The maximum absolute atomic E-state index is 13.9. The zero-order chi connectivity index (χ0) is 17.1. The lowest BCUT2D eigenvalue weighted by Gasteiger charge is -2.08. The Hall–Kier alpha value is -2.37. The molecule has 0 amide bonds. The van der Waals surface area contributed by atoms with E-state index in [1.807, 2.05) is 24.3 Å². The number of nitrogens with zero attached hydrogens (tertiary/aromatic N) is 2. The van der Waals surface area contributed by atoms with Gasteiger partial charge in [-0.15, -0.1) is 0 Å². The lowest BCUT2D eigenvalue weighted by Crippen LogP contribution is -2.04. The molecule has 3 rings (SSSR count). The molecule has 0 spiro atoms. The third-order valence-electron chi connectivity index (χ3n) is 3.38. The quantitative estimate of drug-likeness (QED) is 0.655. The fraction of sp³-hybridized carbons (Fsp3) is 0.0588. The van der Waals surface area contributed by atoms with Gasteiger partial charge in [0.15, 0.2) is 0 Å². The number of nitrogens with two attached hydrogens (primary N) is 1. The Balaban J connectivity index is 1.72. The molecule has 0 aliphatic carbocycles. The van der Waals surface area contributed by atoms with Gasteiger partial charge < -0.3 is 11.1 Å². The van der Waals surface area contributed by atoms with Crippen LogP contribution in [-0.4, -0.2) is 9.97 Å². The zero-order valence-corrected chi connectivity index (χ0v) is 13.9. The predicted molar refractivity (Wildman–Crippen MR) is 95.6 cm³/mol. The van der Waals surface area contributed by atoms with Crippen molar-refractivity contribution in [1.82, 2.24) is 9.97 Å². The van der Waals surface area contributed by atoms with E-state index in [1.165, 1.54) is 6.07 Å². The van der Waals surface area contributed by atoms with Crippen molar-refractivity contribution in [3.8, 4) is 11.1 Å². The summed E-state index contributed by atoms with van der Waals surface area (Å²) in [5.74, 6) is 0.304. The van der Waals surface area contributed by atoms with Crippen molar-refractivity contribution in [2.45, 2.75) is 6.54 Å². The third kappa shape index (κ3) is 3.93. The van der Waals surface area contributed by atoms with Crippen LogP contribution in [0.4, 0.5) is 16.2 Å². The molecule has 3 N–H and O–H groups in total. The van der Waals surface area contributed by atoms with E-state index < -0.39 is 0 Å². The van der Waals surface area contributed by atoms with Crippen LogP contribution in [0, 0.1) is 5.82 Å². The maximum atomic E-state index is 13.9. The second-order valence-electron chi connectivity index (χ2n) is 5.11. The van der Waals surface area contributed by atoms with Crippen LogP contribution in [-0.2, 0) is 6.54 Å². The van der Waals surface area contributed by atoms with Crippen LogP contribution in [0.3, 0.4) is 0 Å². The van der Waals surface area contributed by atoms with E-state index in [0.29, 0.717) is 22.9 Å². The number of hydrogen-bond donors (Lipinski definition) is 2. The molecule has 0 fully saturated rings. The van der Waals surface area contributed by atoms with Crippen molar-refractivity contribution >= 4 is 35.0 Å². The monoisotopic (exact) mass is 362 g/mol. The first kappa shape index (κ1) is 16.5. The molecule has 0 saturated carbocycles. The molecule has 2 aromatic carbocycles. The van der Waals surface area contributed by atoms with Crippen molar-refractivity contribution in [2.75, 3.05) is 11.1 Å². The Morgan fingerprint density at radius 3 is 2.42 bits per heavy atom. The fourth-order valence-corrected chi connectivity index (χ4v) is 2.59. The van der Waals surface area contributed by atoms with Crippen molar-refractivity contribution in [1.29, 1.82) is 0 Å². The third-order valence-corrected chi connectivity index (χ3v) is 3.81. The molecule has 122 valence electrons. The van der Waals surface area contributed by atoms with E-state index in [0.717, 1.165) is 11.1 Å². The lowest BCUT2D eigenvalue weighted by molar-refractivity contribution is 0.631. The van der Waals surface area contributed by atoms with Gasteiger partial charge in [0.2, 0.25) is 5.95 Å². The van der Waals surface area contributed by atoms with E-state index in [-0.39, 0.29) is 16.9 Å². The standard InChI is InChI=1S/C17H13Cl2FN4/c18-12-5-6-13(14(20)7-12)11-3-1-10(2-4-11)9-22-16-8-15(19)23-17(21)24-16/h1-8H,9H2,(H3,21,22,23,24). The largest absolute Gasteiger partial charge is 0.368 e. The van der Waals surface area contributed by atoms with Gasteiger partial charge in [-0.25, -0.2) is 9.37 Å². The zero-order valence-electron chi connectivity index (χ0n) is 12.4. The highest BCUT2D eigenvalue weighted by atomic mass is 35.5. The molecule has 3 aromatic rings. The van der Waals surface area contributed by atoms with Crippen LogP contribution in [0.1, 0.15) is 5.56 Å². The molecule has 24 heavy (non-hydrogen) atoms. The molecule has 0 radical (unpaired) electrons. The molecule has 1 aromatic heterocycles. The highest BCUT2D eigenvalue weighted by Gasteiger charge is 2.06. The molecule has 0 bridgehead atoms. The number of anilines is 2. The molecule has 0 aliphatic rings. The molecule has 4 nitrogen and oxygen atoms in total. The second kappa shape index (κ2) is 7.03. The highest BCUT2D eigenvalue weighted by molar-refractivity contribution is 6.30. The van der Waals surface area contributed by atoms with E-state index in [2.05, 4.69) is 15.3 Å². The summed E-state index contributed by atoms with van der Waals surface area (Å²) in [7, 11) is 0. The lowest BCUT2D eigenvalue weighted by atomic mass is 10.0. The van der Waals surface area contributed by atoms with Crippen LogP contribution in [0.15, 0.2) is 48.5 Å². The predicted octanol–water partition coefficient (Wildman–Crippen LogP) is 4.78. The summed E-state index contributed by atoms with van der Waals surface area (Å²) < 4.78 is 13.9. The fourth-order valence-electron chi connectivity index (χ4n) is 2.24. The first-order valence-electron chi connectivity index (χ1n) is 7.09. The van der Waals surface area contributed by atoms with Crippen LogP contribution in [0.5, 0.6) is 0 Å². The van der Waals surface area contributed by atoms with Crippen molar-refractivity contribution in [3.63, 3.8) is 0 Å². The molecular formula is C17H13Cl2FN4. The minimum Gasteiger partial charge on any atom is -0.368 e. The first-order chi connectivity index (χ1) is 11.5. The Kier molecular flexibility index (Phi) is 4.83.